The second-order valence-electron chi connectivity index (χ2n) is 5.27. The summed E-state index contributed by atoms with van der Waals surface area (Å²) in [6.07, 6.45) is 2.70. The van der Waals surface area contributed by atoms with Gasteiger partial charge in [-0.2, -0.15) is 5.10 Å². The molecule has 0 spiro atoms. The SMILES string of the molecule is O=C(COCCOc1ccccc1)Nc1ccc(-n2cncn2)c(F)c1. The number of anilines is 1. The molecule has 1 amide bonds. The Morgan fingerprint density at radius 2 is 2.00 bits per heavy atom. The van der Waals surface area contributed by atoms with Crippen molar-refractivity contribution in [3.63, 3.8) is 0 Å². The molecule has 0 radical (unpaired) electrons. The van der Waals surface area contributed by atoms with Crippen LogP contribution in [0.15, 0.2) is 61.2 Å². The van der Waals surface area contributed by atoms with E-state index in [1.807, 2.05) is 30.3 Å². The maximum Gasteiger partial charge on any atom is 0.250 e. The van der Waals surface area contributed by atoms with E-state index >= 15 is 0 Å². The Morgan fingerprint density at radius 1 is 1.15 bits per heavy atom. The lowest BCUT2D eigenvalue weighted by molar-refractivity contribution is -0.120. The molecule has 8 heteroatoms. The van der Waals surface area contributed by atoms with Crippen LogP contribution in [0.3, 0.4) is 0 Å². The van der Waals surface area contributed by atoms with E-state index in [9.17, 15) is 9.18 Å². The predicted octanol–water partition coefficient (Wildman–Crippen LogP) is 2.44. The number of rotatable bonds is 8. The number of hydrogen-bond donors (Lipinski definition) is 1. The normalized spacial score (nSPS) is 10.5. The summed E-state index contributed by atoms with van der Waals surface area (Å²) in [5.74, 6) is -0.161. The summed E-state index contributed by atoms with van der Waals surface area (Å²) in [6.45, 7) is 0.449. The van der Waals surface area contributed by atoms with Crippen LogP contribution < -0.4 is 10.1 Å². The van der Waals surface area contributed by atoms with Crippen molar-refractivity contribution < 1.29 is 18.7 Å². The van der Waals surface area contributed by atoms with Gasteiger partial charge in [0, 0.05) is 5.69 Å². The van der Waals surface area contributed by atoms with Gasteiger partial charge >= 0.3 is 0 Å². The second kappa shape index (κ2) is 8.72. The fraction of sp³-hybridized carbons (Fsp3) is 0.167. The summed E-state index contributed by atoms with van der Waals surface area (Å²) in [5.41, 5.74) is 0.579. The molecule has 3 aromatic rings. The smallest absolute Gasteiger partial charge is 0.250 e. The number of carbonyl (C=O) groups is 1. The summed E-state index contributed by atoms with van der Waals surface area (Å²) >= 11 is 0. The molecule has 134 valence electrons. The molecule has 1 N–H and O–H groups in total. The van der Waals surface area contributed by atoms with Crippen molar-refractivity contribution in [2.24, 2.45) is 0 Å². The standard InChI is InChI=1S/C18H17FN4O3/c19-16-10-14(6-7-17(16)23-13-20-12-21-23)22-18(24)11-25-8-9-26-15-4-2-1-3-5-15/h1-7,10,12-13H,8-9,11H2,(H,22,24). The Morgan fingerprint density at radius 3 is 2.73 bits per heavy atom. The van der Waals surface area contributed by atoms with Gasteiger partial charge in [-0.3, -0.25) is 4.79 Å². The number of halogens is 1. The number of carbonyl (C=O) groups excluding carboxylic acids is 1. The van der Waals surface area contributed by atoms with Gasteiger partial charge in [-0.25, -0.2) is 14.1 Å². The molecule has 0 aliphatic heterocycles. The third-order valence-corrected chi connectivity index (χ3v) is 3.37. The highest BCUT2D eigenvalue weighted by molar-refractivity contribution is 5.91. The Labute approximate surface area is 149 Å². The Bertz CT molecular complexity index is 841. The van der Waals surface area contributed by atoms with E-state index in [0.717, 1.165) is 5.75 Å². The van der Waals surface area contributed by atoms with Gasteiger partial charge in [-0.05, 0) is 30.3 Å². The van der Waals surface area contributed by atoms with Crippen LogP contribution in [0.2, 0.25) is 0 Å². The van der Waals surface area contributed by atoms with Gasteiger partial charge in [0.2, 0.25) is 5.91 Å². The Hall–Kier alpha value is -3.26. The third kappa shape index (κ3) is 4.87. The Balaban J connectivity index is 1.41. The number of amides is 1. The molecule has 0 unspecified atom stereocenters. The number of nitrogens with zero attached hydrogens (tertiary/aromatic N) is 3. The van der Waals surface area contributed by atoms with Crippen LogP contribution in [0, 0.1) is 5.82 Å². The highest BCUT2D eigenvalue weighted by atomic mass is 19.1. The number of hydrogen-bond acceptors (Lipinski definition) is 5. The number of benzene rings is 2. The monoisotopic (exact) mass is 356 g/mol. The van der Waals surface area contributed by atoms with Crippen LogP contribution in [0.4, 0.5) is 10.1 Å². The van der Waals surface area contributed by atoms with Gasteiger partial charge in [0.05, 0.1) is 6.61 Å². The van der Waals surface area contributed by atoms with Crippen molar-refractivity contribution in [1.29, 1.82) is 0 Å². The van der Waals surface area contributed by atoms with E-state index < -0.39 is 5.82 Å². The highest BCUT2D eigenvalue weighted by Crippen LogP contribution is 2.17. The van der Waals surface area contributed by atoms with Crippen molar-refractivity contribution in [3.05, 3.63) is 67.0 Å². The molecule has 0 bridgehead atoms. The number of para-hydroxylation sites is 1. The first-order valence-corrected chi connectivity index (χ1v) is 7.92. The topological polar surface area (TPSA) is 78.3 Å². The van der Waals surface area contributed by atoms with Crippen molar-refractivity contribution in [2.75, 3.05) is 25.1 Å². The van der Waals surface area contributed by atoms with E-state index in [0.29, 0.717) is 12.3 Å². The summed E-state index contributed by atoms with van der Waals surface area (Å²) < 4.78 is 26.1. The number of aromatic nitrogens is 3. The lowest BCUT2D eigenvalue weighted by Crippen LogP contribution is -2.20. The molecule has 0 aliphatic carbocycles. The maximum atomic E-state index is 14.1. The minimum atomic E-state index is -0.523. The molecule has 1 heterocycles. The summed E-state index contributed by atoms with van der Waals surface area (Å²) in [4.78, 5) is 15.6. The maximum absolute atomic E-state index is 14.1. The van der Waals surface area contributed by atoms with Gasteiger partial charge in [0.15, 0.2) is 5.82 Å². The largest absolute Gasteiger partial charge is 0.491 e. The quantitative estimate of drug-likeness (QED) is 0.627. The van der Waals surface area contributed by atoms with Crippen LogP contribution >= 0.6 is 0 Å². The van der Waals surface area contributed by atoms with Crippen molar-refractivity contribution >= 4 is 11.6 Å². The lowest BCUT2D eigenvalue weighted by Gasteiger charge is -2.09. The van der Waals surface area contributed by atoms with Crippen LogP contribution in [0.5, 0.6) is 5.75 Å². The van der Waals surface area contributed by atoms with E-state index in [4.69, 9.17) is 9.47 Å². The molecule has 0 aliphatic rings. The van der Waals surface area contributed by atoms with Gasteiger partial charge in [-0.1, -0.05) is 18.2 Å². The summed E-state index contributed by atoms with van der Waals surface area (Å²) in [7, 11) is 0. The number of nitrogens with one attached hydrogen (secondary N) is 1. The van der Waals surface area contributed by atoms with Crippen LogP contribution in [0.1, 0.15) is 0 Å². The molecule has 0 saturated heterocycles. The van der Waals surface area contributed by atoms with Crippen molar-refractivity contribution in [1.82, 2.24) is 14.8 Å². The van der Waals surface area contributed by atoms with Crippen molar-refractivity contribution in [2.45, 2.75) is 0 Å². The molecule has 0 atom stereocenters. The second-order valence-corrected chi connectivity index (χ2v) is 5.27. The average molecular weight is 356 g/mol. The molecular weight excluding hydrogens is 339 g/mol. The average Bonchev–Trinajstić information content (AvgIpc) is 3.17. The minimum absolute atomic E-state index is 0.148. The first-order valence-electron chi connectivity index (χ1n) is 7.92. The summed E-state index contributed by atoms with van der Waals surface area (Å²) in [6, 6.07) is 13.6. The van der Waals surface area contributed by atoms with Gasteiger partial charge < -0.3 is 14.8 Å². The minimum Gasteiger partial charge on any atom is -0.491 e. The molecule has 0 saturated carbocycles. The van der Waals surface area contributed by atoms with Crippen LogP contribution in [-0.2, 0) is 9.53 Å². The fourth-order valence-corrected chi connectivity index (χ4v) is 2.20. The number of ether oxygens (including phenoxy) is 2. The predicted molar refractivity (Wildman–Crippen MR) is 92.7 cm³/mol. The van der Waals surface area contributed by atoms with E-state index in [-0.39, 0.29) is 24.8 Å². The molecule has 1 aromatic heterocycles. The zero-order valence-electron chi connectivity index (χ0n) is 13.8. The molecule has 7 nitrogen and oxygen atoms in total. The third-order valence-electron chi connectivity index (χ3n) is 3.37. The Kier molecular flexibility index (Phi) is 5.89. The van der Waals surface area contributed by atoms with E-state index in [2.05, 4.69) is 15.4 Å². The highest BCUT2D eigenvalue weighted by Gasteiger charge is 2.08. The fourth-order valence-electron chi connectivity index (χ4n) is 2.20. The lowest BCUT2D eigenvalue weighted by atomic mass is 10.2. The summed E-state index contributed by atoms with van der Waals surface area (Å²) in [5, 5.41) is 6.44. The zero-order valence-corrected chi connectivity index (χ0v) is 13.8. The first-order chi connectivity index (χ1) is 12.7. The molecule has 0 fully saturated rings. The van der Waals surface area contributed by atoms with Gasteiger partial charge in [-0.15, -0.1) is 0 Å². The van der Waals surface area contributed by atoms with E-state index in [1.165, 1.54) is 29.5 Å². The van der Waals surface area contributed by atoms with Crippen LogP contribution in [0.25, 0.3) is 5.69 Å². The molecular formula is C18H17FN4O3. The zero-order chi connectivity index (χ0) is 18.2. The van der Waals surface area contributed by atoms with Crippen molar-refractivity contribution in [3.8, 4) is 11.4 Å². The van der Waals surface area contributed by atoms with Gasteiger partial charge in [0.1, 0.15) is 37.3 Å². The van der Waals surface area contributed by atoms with Crippen LogP contribution in [-0.4, -0.2) is 40.5 Å². The molecule has 3 rings (SSSR count). The first kappa shape index (κ1) is 17.6. The van der Waals surface area contributed by atoms with E-state index in [1.54, 1.807) is 6.07 Å². The van der Waals surface area contributed by atoms with Gasteiger partial charge in [0.25, 0.3) is 0 Å². The molecule has 2 aromatic carbocycles. The molecule has 26 heavy (non-hydrogen) atoms.